The van der Waals surface area contributed by atoms with Crippen LogP contribution >= 0.6 is 0 Å². The van der Waals surface area contributed by atoms with Crippen molar-refractivity contribution in [2.24, 2.45) is 0 Å². The van der Waals surface area contributed by atoms with Gasteiger partial charge in [-0.1, -0.05) is 0 Å². The van der Waals surface area contributed by atoms with Crippen molar-refractivity contribution in [2.45, 2.75) is 37.4 Å². The third kappa shape index (κ3) is 3.39. The Morgan fingerprint density at radius 1 is 1.18 bits per heavy atom. The number of aromatic hydroxyl groups is 2. The smallest absolute Gasteiger partial charge is 0.302 e. The van der Waals surface area contributed by atoms with Gasteiger partial charge in [0.05, 0.1) is 0 Å². The van der Waals surface area contributed by atoms with Crippen LogP contribution in [-0.2, 0) is 20.7 Å². The second kappa shape index (κ2) is 7.48. The Kier molecular flexibility index (Phi) is 4.82. The lowest BCUT2D eigenvalue weighted by Crippen LogP contribution is -2.47. The summed E-state index contributed by atoms with van der Waals surface area (Å²) in [6, 6.07) is 8.48. The highest BCUT2D eigenvalue weighted by molar-refractivity contribution is 5.90. The molecule has 3 aromatic rings. The predicted octanol–water partition coefficient (Wildman–Crippen LogP) is 1.19. The Balaban J connectivity index is 1.58. The van der Waals surface area contributed by atoms with Gasteiger partial charge in [-0.2, -0.15) is 0 Å². The molecule has 2 aromatic carbocycles. The minimum Gasteiger partial charge on any atom is -0.508 e. The van der Waals surface area contributed by atoms with Gasteiger partial charge < -0.3 is 39.1 Å². The van der Waals surface area contributed by atoms with Crippen molar-refractivity contribution in [3.8, 4) is 28.6 Å². The Labute approximate surface area is 186 Å². The first-order chi connectivity index (χ1) is 15.7. The van der Waals surface area contributed by atoms with Gasteiger partial charge in [-0.15, -0.1) is 0 Å². The van der Waals surface area contributed by atoms with Gasteiger partial charge in [0, 0.05) is 36.6 Å². The summed E-state index contributed by atoms with van der Waals surface area (Å²) in [6.45, 7) is 0.916. The number of aliphatic hydroxyl groups is 2. The maximum Gasteiger partial charge on any atom is 0.302 e. The number of esters is 1. The summed E-state index contributed by atoms with van der Waals surface area (Å²) in [6.07, 6.45) is -4.05. The third-order valence-corrected chi connectivity index (χ3v) is 5.86. The maximum absolute atomic E-state index is 12.8. The molecule has 5 rings (SSSR count). The summed E-state index contributed by atoms with van der Waals surface area (Å²) >= 11 is 0. The van der Waals surface area contributed by atoms with E-state index in [1.54, 1.807) is 12.1 Å². The summed E-state index contributed by atoms with van der Waals surface area (Å²) in [5, 5.41) is 41.0. The average Bonchev–Trinajstić information content (AvgIpc) is 3.25. The van der Waals surface area contributed by atoms with Crippen LogP contribution in [0.1, 0.15) is 12.5 Å². The van der Waals surface area contributed by atoms with E-state index in [0.29, 0.717) is 11.1 Å². The first-order valence-corrected chi connectivity index (χ1v) is 10.2. The second-order valence-electron chi connectivity index (χ2n) is 8.08. The van der Waals surface area contributed by atoms with E-state index in [4.69, 9.17) is 18.6 Å². The number of fused-ring (bicyclic) bond motifs is 3. The Morgan fingerprint density at radius 2 is 1.91 bits per heavy atom. The Hall–Kier alpha value is -3.60. The van der Waals surface area contributed by atoms with Gasteiger partial charge in [0.15, 0.2) is 5.43 Å². The molecule has 2 aliphatic rings. The molecule has 10 heteroatoms. The summed E-state index contributed by atoms with van der Waals surface area (Å²) in [5.41, 5.74) is 0.430. The number of phenols is 2. The largest absolute Gasteiger partial charge is 0.508 e. The van der Waals surface area contributed by atoms with Crippen LogP contribution in [0.15, 0.2) is 45.6 Å². The molecule has 0 saturated carbocycles. The zero-order valence-electron chi connectivity index (χ0n) is 17.3. The molecule has 172 valence electrons. The van der Waals surface area contributed by atoms with Crippen LogP contribution in [0.3, 0.4) is 0 Å². The van der Waals surface area contributed by atoms with E-state index >= 15 is 0 Å². The number of carbonyl (C=O) groups is 1. The van der Waals surface area contributed by atoms with Gasteiger partial charge in [0.25, 0.3) is 0 Å². The Bertz CT molecular complexity index is 1310. The lowest BCUT2D eigenvalue weighted by molar-refractivity contribution is -0.202. The standard InChI is InChI=1S/C23H20O10/c1-10(24)30-9-18-20(28)22(29)23(33-18)8-13-17(32-23)7-15(27)19-14(26)6-16(31-21(13)19)11-2-4-12(25)5-3-11/h2-7,18,20,22,25,27-29H,8-9H2,1H3/t18-,20+,22+,23-/m0/s1. The summed E-state index contributed by atoms with van der Waals surface area (Å²) in [5.74, 6) is -2.31. The van der Waals surface area contributed by atoms with Crippen molar-refractivity contribution in [1.29, 1.82) is 0 Å². The van der Waals surface area contributed by atoms with Crippen LogP contribution in [-0.4, -0.2) is 57.1 Å². The van der Waals surface area contributed by atoms with Crippen molar-refractivity contribution in [1.82, 2.24) is 0 Å². The minimum atomic E-state index is -1.72. The van der Waals surface area contributed by atoms with Gasteiger partial charge in [-0.25, -0.2) is 0 Å². The van der Waals surface area contributed by atoms with Gasteiger partial charge in [-0.3, -0.25) is 9.59 Å². The van der Waals surface area contributed by atoms with Crippen molar-refractivity contribution >= 4 is 16.9 Å². The highest BCUT2D eigenvalue weighted by Crippen LogP contribution is 2.48. The van der Waals surface area contributed by atoms with E-state index in [-0.39, 0.29) is 47.0 Å². The number of aliphatic hydroxyl groups excluding tert-OH is 2. The molecule has 4 N–H and O–H groups in total. The average molecular weight is 456 g/mol. The normalized spacial score (nSPS) is 25.8. The predicted molar refractivity (Wildman–Crippen MR) is 112 cm³/mol. The molecule has 1 aromatic heterocycles. The van der Waals surface area contributed by atoms with Crippen molar-refractivity contribution in [2.75, 3.05) is 6.61 Å². The van der Waals surface area contributed by atoms with E-state index in [9.17, 15) is 30.0 Å². The zero-order valence-corrected chi connectivity index (χ0v) is 17.3. The number of benzene rings is 2. The molecule has 0 radical (unpaired) electrons. The van der Waals surface area contributed by atoms with Crippen molar-refractivity contribution < 1.29 is 43.8 Å². The first kappa shape index (κ1) is 21.3. The second-order valence-corrected chi connectivity index (χ2v) is 8.08. The van der Waals surface area contributed by atoms with Crippen molar-refractivity contribution in [3.05, 3.63) is 52.2 Å². The topological polar surface area (TPSA) is 156 Å². The van der Waals surface area contributed by atoms with E-state index in [0.717, 1.165) is 0 Å². The molecule has 0 amide bonds. The number of phenolic OH excluding ortho intramolecular Hbond substituents is 2. The lowest BCUT2D eigenvalue weighted by Gasteiger charge is -2.26. The van der Waals surface area contributed by atoms with Crippen LogP contribution in [0, 0.1) is 0 Å². The summed E-state index contributed by atoms with van der Waals surface area (Å²) in [7, 11) is 0. The van der Waals surface area contributed by atoms with Crippen LogP contribution in [0.4, 0.5) is 0 Å². The molecular weight excluding hydrogens is 436 g/mol. The SMILES string of the molecule is CC(=O)OC[C@@H]1O[C@@]2(Cc3c(cc(O)c4c(=O)cc(-c5ccc(O)cc5)oc34)O2)[C@H](O)[C@@H]1O. The number of hydrogen-bond acceptors (Lipinski definition) is 10. The molecule has 4 atom stereocenters. The molecule has 2 aliphatic heterocycles. The Morgan fingerprint density at radius 3 is 2.61 bits per heavy atom. The zero-order chi connectivity index (χ0) is 23.5. The van der Waals surface area contributed by atoms with E-state index in [1.807, 2.05) is 0 Å². The third-order valence-electron chi connectivity index (χ3n) is 5.86. The van der Waals surface area contributed by atoms with Crippen LogP contribution in [0.5, 0.6) is 17.2 Å². The molecular formula is C23H20O10. The van der Waals surface area contributed by atoms with E-state index < -0.39 is 35.5 Å². The quantitative estimate of drug-likeness (QED) is 0.422. The molecule has 1 saturated heterocycles. The highest BCUT2D eigenvalue weighted by Gasteiger charge is 2.60. The molecule has 1 spiro atoms. The van der Waals surface area contributed by atoms with E-state index in [1.165, 1.54) is 31.2 Å². The summed E-state index contributed by atoms with van der Waals surface area (Å²) in [4.78, 5) is 23.9. The number of ether oxygens (including phenoxy) is 3. The fourth-order valence-corrected chi connectivity index (χ4v) is 4.26. The summed E-state index contributed by atoms with van der Waals surface area (Å²) < 4.78 is 22.5. The molecule has 0 bridgehead atoms. The van der Waals surface area contributed by atoms with Gasteiger partial charge in [0.1, 0.15) is 58.9 Å². The molecule has 33 heavy (non-hydrogen) atoms. The first-order valence-electron chi connectivity index (χ1n) is 10.2. The molecule has 0 unspecified atom stereocenters. The van der Waals surface area contributed by atoms with Crippen LogP contribution in [0.25, 0.3) is 22.3 Å². The van der Waals surface area contributed by atoms with E-state index in [2.05, 4.69) is 0 Å². The van der Waals surface area contributed by atoms with Crippen molar-refractivity contribution in [3.63, 3.8) is 0 Å². The molecule has 1 fully saturated rings. The molecule has 3 heterocycles. The molecule has 10 nitrogen and oxygen atoms in total. The number of rotatable bonds is 3. The number of hydrogen-bond donors (Lipinski definition) is 4. The van der Waals surface area contributed by atoms with Crippen LogP contribution < -0.4 is 10.2 Å². The fraction of sp³-hybridized carbons (Fsp3) is 0.304. The highest BCUT2D eigenvalue weighted by atomic mass is 16.7. The lowest BCUT2D eigenvalue weighted by atomic mass is 9.98. The molecule has 0 aliphatic carbocycles. The minimum absolute atomic E-state index is 0.0463. The van der Waals surface area contributed by atoms with Crippen LogP contribution in [0.2, 0.25) is 0 Å². The van der Waals surface area contributed by atoms with Gasteiger partial charge >= 0.3 is 5.97 Å². The monoisotopic (exact) mass is 456 g/mol. The maximum atomic E-state index is 12.8. The number of carbonyl (C=O) groups excluding carboxylic acids is 1. The van der Waals surface area contributed by atoms with Gasteiger partial charge in [0.2, 0.25) is 5.79 Å². The van der Waals surface area contributed by atoms with Gasteiger partial charge in [-0.05, 0) is 24.3 Å². The fourth-order valence-electron chi connectivity index (χ4n) is 4.26.